The lowest BCUT2D eigenvalue weighted by atomic mass is 10.1. The number of hydrogen-bond donors (Lipinski definition) is 2. The van der Waals surface area contributed by atoms with E-state index in [2.05, 4.69) is 15.1 Å². The highest BCUT2D eigenvalue weighted by molar-refractivity contribution is 7.92. The fourth-order valence-corrected chi connectivity index (χ4v) is 3.62. The van der Waals surface area contributed by atoms with Crippen molar-refractivity contribution in [2.45, 2.75) is 25.3 Å². The van der Waals surface area contributed by atoms with E-state index in [1.807, 2.05) is 13.0 Å². The summed E-state index contributed by atoms with van der Waals surface area (Å²) >= 11 is 0. The maximum atomic E-state index is 12.7. The van der Waals surface area contributed by atoms with Gasteiger partial charge in [0.2, 0.25) is 5.91 Å². The molecule has 0 unspecified atom stereocenters. The van der Waals surface area contributed by atoms with Gasteiger partial charge in [-0.05, 0) is 31.0 Å². The first kappa shape index (κ1) is 17.8. The van der Waals surface area contributed by atoms with Crippen LogP contribution in [0, 0.1) is 13.8 Å². The molecule has 0 aliphatic rings. The number of carbonyl (C=O) groups excluding carboxylic acids is 1. The minimum absolute atomic E-state index is 0.00506. The van der Waals surface area contributed by atoms with Gasteiger partial charge in [0, 0.05) is 19.3 Å². The van der Waals surface area contributed by atoms with Gasteiger partial charge in [-0.15, -0.1) is 0 Å². The number of hydrogen-bond acceptors (Lipinski definition) is 5. The Hall–Kier alpha value is -2.55. The number of sulfonamides is 1. The van der Waals surface area contributed by atoms with Gasteiger partial charge < -0.3 is 10.1 Å². The summed E-state index contributed by atoms with van der Waals surface area (Å²) in [5, 5.41) is 6.50. The van der Waals surface area contributed by atoms with Crippen LogP contribution < -0.4 is 14.8 Å². The maximum absolute atomic E-state index is 12.7. The van der Waals surface area contributed by atoms with Gasteiger partial charge in [0.1, 0.15) is 17.2 Å². The largest absolute Gasteiger partial charge is 0.495 e. The molecule has 0 bridgehead atoms. The predicted molar refractivity (Wildman–Crippen MR) is 89.6 cm³/mol. The summed E-state index contributed by atoms with van der Waals surface area (Å²) in [5.41, 5.74) is 1.53. The van der Waals surface area contributed by atoms with Crippen LogP contribution in [0.1, 0.15) is 11.1 Å². The molecule has 1 aromatic carbocycles. The van der Waals surface area contributed by atoms with Crippen molar-refractivity contribution in [3.8, 4) is 5.75 Å². The zero-order valence-corrected chi connectivity index (χ0v) is 14.8. The molecule has 1 heterocycles. The molecule has 8 nitrogen and oxygen atoms in total. The van der Waals surface area contributed by atoms with Crippen LogP contribution in [0.4, 0.5) is 5.82 Å². The Bertz CT molecular complexity index is 858. The van der Waals surface area contributed by atoms with E-state index in [0.717, 1.165) is 11.1 Å². The number of aryl methyl sites for hydroxylation is 2. The van der Waals surface area contributed by atoms with Gasteiger partial charge in [0.25, 0.3) is 10.0 Å². The Morgan fingerprint density at radius 2 is 2.04 bits per heavy atom. The molecule has 1 aromatic heterocycles. The molecule has 1 amide bonds. The zero-order chi connectivity index (χ0) is 17.9. The summed E-state index contributed by atoms with van der Waals surface area (Å²) < 4.78 is 34.3. The quantitative estimate of drug-likeness (QED) is 0.809. The van der Waals surface area contributed by atoms with Crippen LogP contribution >= 0.6 is 0 Å². The zero-order valence-electron chi connectivity index (χ0n) is 14.0. The summed E-state index contributed by atoms with van der Waals surface area (Å²) in [7, 11) is -0.932. The number of rotatable bonds is 6. The van der Waals surface area contributed by atoms with Crippen LogP contribution in [-0.2, 0) is 21.4 Å². The van der Waals surface area contributed by atoms with Gasteiger partial charge in [-0.3, -0.25) is 14.2 Å². The van der Waals surface area contributed by atoms with Crippen LogP contribution in [0.2, 0.25) is 0 Å². The van der Waals surface area contributed by atoms with Gasteiger partial charge in [-0.2, -0.15) is 5.10 Å². The molecule has 24 heavy (non-hydrogen) atoms. The number of carbonyl (C=O) groups is 1. The topological polar surface area (TPSA) is 102 Å². The average molecular weight is 352 g/mol. The van der Waals surface area contributed by atoms with Crippen LogP contribution in [0.3, 0.4) is 0 Å². The summed E-state index contributed by atoms with van der Waals surface area (Å²) in [5.74, 6) is 0.182. The second kappa shape index (κ2) is 6.91. The third-order valence-electron chi connectivity index (χ3n) is 3.34. The van der Waals surface area contributed by atoms with Crippen LogP contribution in [0.15, 0.2) is 29.3 Å². The number of nitrogens with one attached hydrogen (secondary N) is 2. The summed E-state index contributed by atoms with van der Waals surface area (Å²) in [4.78, 5) is 11.4. The number of aromatic nitrogens is 2. The van der Waals surface area contributed by atoms with Crippen molar-refractivity contribution >= 4 is 21.7 Å². The first-order valence-corrected chi connectivity index (χ1v) is 8.67. The first-order chi connectivity index (χ1) is 11.3. The summed E-state index contributed by atoms with van der Waals surface area (Å²) in [6, 6.07) is 4.86. The first-order valence-electron chi connectivity index (χ1n) is 7.19. The molecule has 0 atom stereocenters. The van der Waals surface area contributed by atoms with E-state index in [-0.39, 0.29) is 28.9 Å². The van der Waals surface area contributed by atoms with E-state index in [4.69, 9.17) is 4.74 Å². The normalized spacial score (nSPS) is 11.2. The Labute approximate surface area is 140 Å². The minimum Gasteiger partial charge on any atom is -0.495 e. The molecule has 0 aliphatic heterocycles. The highest BCUT2D eigenvalue weighted by Crippen LogP contribution is 2.30. The van der Waals surface area contributed by atoms with Crippen molar-refractivity contribution in [1.29, 1.82) is 0 Å². The molecular formula is C15H20N4O4S. The minimum atomic E-state index is -3.87. The van der Waals surface area contributed by atoms with Crippen LogP contribution in [-0.4, -0.2) is 38.3 Å². The van der Waals surface area contributed by atoms with Crippen molar-refractivity contribution in [2.24, 2.45) is 0 Å². The standard InChI is InChI=1S/C15H20N4O4S/c1-10-7-11(2)15(23-4)12(8-10)24(21,22)18-13-5-6-19(17-13)9-14(20)16-3/h5-8H,9H2,1-4H3,(H,16,20)(H,17,18). The van der Waals surface area contributed by atoms with Gasteiger partial charge in [0.05, 0.1) is 7.11 Å². The highest BCUT2D eigenvalue weighted by atomic mass is 32.2. The lowest BCUT2D eigenvalue weighted by Gasteiger charge is -2.13. The van der Waals surface area contributed by atoms with Crippen molar-refractivity contribution in [2.75, 3.05) is 18.9 Å². The van der Waals surface area contributed by atoms with Crippen molar-refractivity contribution in [3.05, 3.63) is 35.5 Å². The van der Waals surface area contributed by atoms with E-state index in [0.29, 0.717) is 0 Å². The molecule has 2 aromatic rings. The van der Waals surface area contributed by atoms with Gasteiger partial charge in [0.15, 0.2) is 5.82 Å². The second-order valence-electron chi connectivity index (χ2n) is 5.29. The Morgan fingerprint density at radius 3 is 2.67 bits per heavy atom. The van der Waals surface area contributed by atoms with E-state index >= 15 is 0 Å². The molecular weight excluding hydrogens is 332 g/mol. The number of likely N-dealkylation sites (N-methyl/N-ethyl adjacent to an activating group) is 1. The Morgan fingerprint density at radius 1 is 1.33 bits per heavy atom. The smallest absolute Gasteiger partial charge is 0.266 e. The number of benzene rings is 1. The maximum Gasteiger partial charge on any atom is 0.266 e. The van der Waals surface area contributed by atoms with E-state index in [1.54, 1.807) is 6.92 Å². The molecule has 0 saturated heterocycles. The molecule has 2 N–H and O–H groups in total. The van der Waals surface area contributed by atoms with E-state index in [9.17, 15) is 13.2 Å². The SMILES string of the molecule is CNC(=O)Cn1ccc(NS(=O)(=O)c2cc(C)cc(C)c2OC)n1. The molecule has 0 spiro atoms. The number of methoxy groups -OCH3 is 1. The molecule has 0 aliphatic carbocycles. The third kappa shape index (κ3) is 3.85. The molecule has 0 saturated carbocycles. The van der Waals surface area contributed by atoms with Gasteiger partial charge >= 0.3 is 0 Å². The summed E-state index contributed by atoms with van der Waals surface area (Å²) in [6.45, 7) is 3.59. The van der Waals surface area contributed by atoms with Gasteiger partial charge in [-0.25, -0.2) is 8.42 Å². The number of ether oxygens (including phenoxy) is 1. The molecule has 9 heteroatoms. The van der Waals surface area contributed by atoms with Gasteiger partial charge in [-0.1, -0.05) is 6.07 Å². The summed E-state index contributed by atoms with van der Waals surface area (Å²) in [6.07, 6.45) is 1.52. The molecule has 0 radical (unpaired) electrons. The van der Waals surface area contributed by atoms with Crippen molar-refractivity contribution < 1.29 is 17.9 Å². The van der Waals surface area contributed by atoms with Crippen molar-refractivity contribution in [1.82, 2.24) is 15.1 Å². The molecule has 0 fully saturated rings. The van der Waals surface area contributed by atoms with Crippen molar-refractivity contribution in [3.63, 3.8) is 0 Å². The monoisotopic (exact) mass is 352 g/mol. The van der Waals surface area contributed by atoms with E-state index < -0.39 is 10.0 Å². The van der Waals surface area contributed by atoms with Crippen LogP contribution in [0.25, 0.3) is 0 Å². The fourth-order valence-electron chi connectivity index (χ4n) is 2.30. The number of amides is 1. The van der Waals surface area contributed by atoms with Crippen LogP contribution in [0.5, 0.6) is 5.75 Å². The Kier molecular flexibility index (Phi) is 5.13. The lowest BCUT2D eigenvalue weighted by molar-refractivity contribution is -0.121. The number of nitrogens with zero attached hydrogens (tertiary/aromatic N) is 2. The second-order valence-corrected chi connectivity index (χ2v) is 6.94. The molecule has 2 rings (SSSR count). The average Bonchev–Trinajstić information content (AvgIpc) is 2.92. The Balaban J connectivity index is 2.31. The number of anilines is 1. The highest BCUT2D eigenvalue weighted by Gasteiger charge is 2.22. The predicted octanol–water partition coefficient (Wildman–Crippen LogP) is 1.06. The van der Waals surface area contributed by atoms with E-state index in [1.165, 1.54) is 37.2 Å². The fraction of sp³-hybridized carbons (Fsp3) is 0.333. The third-order valence-corrected chi connectivity index (χ3v) is 4.70. The lowest BCUT2D eigenvalue weighted by Crippen LogP contribution is -2.23. The molecule has 130 valence electrons.